The minimum atomic E-state index is -3.77. The standard InChI is InChI=1S/C19H19N7O3S/c1-25(12-13-6-4-3-5-7-13)17-16(19(27)24-30(2,28)29)23-26-15(8-9-20-18(17)26)14-10-21-22-11-14/h3-11H,12H2,1-2H3,(H,21,22)(H,24,27). The number of hydrogen-bond donors (Lipinski definition) is 2. The zero-order valence-electron chi connectivity index (χ0n) is 16.3. The first-order chi connectivity index (χ1) is 14.3. The van der Waals surface area contributed by atoms with E-state index in [-0.39, 0.29) is 5.69 Å². The topological polar surface area (TPSA) is 125 Å². The van der Waals surface area contributed by atoms with E-state index in [0.717, 1.165) is 17.4 Å². The van der Waals surface area contributed by atoms with Crippen LogP contribution in [-0.4, -0.2) is 52.4 Å². The number of anilines is 1. The van der Waals surface area contributed by atoms with Crippen LogP contribution >= 0.6 is 0 Å². The number of hydrogen-bond acceptors (Lipinski definition) is 7. The van der Waals surface area contributed by atoms with Gasteiger partial charge in [-0.3, -0.25) is 9.89 Å². The fourth-order valence-electron chi connectivity index (χ4n) is 3.20. The SMILES string of the molecule is CN(Cc1ccccc1)c1c(C(=O)NS(C)(=O)=O)nn2c(-c3cn[nH]c3)ccnc12. The molecule has 1 amide bonds. The van der Waals surface area contributed by atoms with E-state index in [4.69, 9.17) is 0 Å². The van der Waals surface area contributed by atoms with Gasteiger partial charge in [0.15, 0.2) is 11.3 Å². The molecular weight excluding hydrogens is 406 g/mol. The lowest BCUT2D eigenvalue weighted by atomic mass is 10.2. The van der Waals surface area contributed by atoms with Gasteiger partial charge in [0.2, 0.25) is 10.0 Å². The van der Waals surface area contributed by atoms with Crippen LogP contribution in [0.15, 0.2) is 55.0 Å². The molecule has 0 aliphatic rings. The number of aromatic nitrogens is 5. The Morgan fingerprint density at radius 1 is 1.23 bits per heavy atom. The van der Waals surface area contributed by atoms with Crippen molar-refractivity contribution < 1.29 is 13.2 Å². The van der Waals surface area contributed by atoms with Crippen molar-refractivity contribution in [2.24, 2.45) is 0 Å². The molecule has 0 unspecified atom stereocenters. The second kappa shape index (κ2) is 7.59. The molecule has 0 saturated heterocycles. The number of rotatable bonds is 6. The first-order valence-corrected chi connectivity index (χ1v) is 10.9. The third kappa shape index (κ3) is 3.87. The molecule has 154 valence electrons. The van der Waals surface area contributed by atoms with Gasteiger partial charge in [0.1, 0.15) is 5.69 Å². The van der Waals surface area contributed by atoms with Gasteiger partial charge in [0.25, 0.3) is 5.91 Å². The summed E-state index contributed by atoms with van der Waals surface area (Å²) in [5, 5.41) is 11.1. The molecule has 3 heterocycles. The number of nitrogens with one attached hydrogen (secondary N) is 2. The Kier molecular flexibility index (Phi) is 4.96. The van der Waals surface area contributed by atoms with Gasteiger partial charge < -0.3 is 4.90 Å². The zero-order valence-corrected chi connectivity index (χ0v) is 17.1. The number of amides is 1. The van der Waals surface area contributed by atoms with Gasteiger partial charge in [0, 0.05) is 31.5 Å². The number of nitrogens with zero attached hydrogens (tertiary/aromatic N) is 5. The van der Waals surface area contributed by atoms with Crippen molar-refractivity contribution in [2.75, 3.05) is 18.2 Å². The Morgan fingerprint density at radius 3 is 2.67 bits per heavy atom. The quantitative estimate of drug-likeness (QED) is 0.479. The minimum absolute atomic E-state index is 0.0395. The maximum atomic E-state index is 12.8. The van der Waals surface area contributed by atoms with E-state index < -0.39 is 15.9 Å². The maximum absolute atomic E-state index is 12.8. The van der Waals surface area contributed by atoms with E-state index in [9.17, 15) is 13.2 Å². The van der Waals surface area contributed by atoms with Crippen molar-refractivity contribution in [3.8, 4) is 11.3 Å². The number of carbonyl (C=O) groups is 1. The molecule has 4 rings (SSSR count). The molecule has 0 aliphatic heterocycles. The molecule has 1 aromatic carbocycles. The van der Waals surface area contributed by atoms with Gasteiger partial charge in [-0.25, -0.2) is 22.6 Å². The summed E-state index contributed by atoms with van der Waals surface area (Å²) in [6, 6.07) is 11.4. The highest BCUT2D eigenvalue weighted by Gasteiger charge is 2.26. The van der Waals surface area contributed by atoms with E-state index >= 15 is 0 Å². The Labute approximate surface area is 172 Å². The lowest BCUT2D eigenvalue weighted by Crippen LogP contribution is -2.31. The summed E-state index contributed by atoms with van der Waals surface area (Å²) in [5.41, 5.74) is 3.22. The van der Waals surface area contributed by atoms with Crippen molar-refractivity contribution in [1.29, 1.82) is 0 Å². The zero-order chi connectivity index (χ0) is 21.3. The predicted molar refractivity (Wildman–Crippen MR) is 111 cm³/mol. The Morgan fingerprint density at radius 2 is 2.00 bits per heavy atom. The van der Waals surface area contributed by atoms with E-state index in [2.05, 4.69) is 20.3 Å². The number of aromatic amines is 1. The maximum Gasteiger partial charge on any atom is 0.287 e. The van der Waals surface area contributed by atoms with Crippen molar-refractivity contribution in [1.82, 2.24) is 29.5 Å². The molecule has 0 atom stereocenters. The van der Waals surface area contributed by atoms with Gasteiger partial charge in [0.05, 0.1) is 18.1 Å². The summed E-state index contributed by atoms with van der Waals surface area (Å²) in [6.07, 6.45) is 5.85. The first-order valence-electron chi connectivity index (χ1n) is 8.97. The van der Waals surface area contributed by atoms with Gasteiger partial charge in [-0.1, -0.05) is 30.3 Å². The minimum Gasteiger partial charge on any atom is -0.365 e. The van der Waals surface area contributed by atoms with Crippen LogP contribution in [0, 0.1) is 0 Å². The third-order valence-corrected chi connectivity index (χ3v) is 4.98. The normalized spacial score (nSPS) is 11.5. The van der Waals surface area contributed by atoms with Crippen molar-refractivity contribution in [3.63, 3.8) is 0 Å². The lowest BCUT2D eigenvalue weighted by Gasteiger charge is -2.19. The summed E-state index contributed by atoms with van der Waals surface area (Å²) < 4.78 is 26.8. The molecule has 2 N–H and O–H groups in total. The molecule has 3 aromatic heterocycles. The van der Waals surface area contributed by atoms with Crippen LogP contribution in [0.5, 0.6) is 0 Å². The molecule has 0 aliphatic carbocycles. The number of carbonyl (C=O) groups excluding carboxylic acids is 1. The van der Waals surface area contributed by atoms with Crippen molar-refractivity contribution >= 4 is 27.3 Å². The molecule has 10 nitrogen and oxygen atoms in total. The number of sulfonamides is 1. The van der Waals surface area contributed by atoms with E-state index in [1.54, 1.807) is 31.7 Å². The monoisotopic (exact) mass is 425 g/mol. The highest BCUT2D eigenvalue weighted by Crippen LogP contribution is 2.29. The van der Waals surface area contributed by atoms with Crippen LogP contribution in [0.1, 0.15) is 16.1 Å². The highest BCUT2D eigenvalue weighted by atomic mass is 32.2. The smallest absolute Gasteiger partial charge is 0.287 e. The van der Waals surface area contributed by atoms with Crippen molar-refractivity contribution in [2.45, 2.75) is 6.54 Å². The molecule has 4 aromatic rings. The summed E-state index contributed by atoms with van der Waals surface area (Å²) in [4.78, 5) is 19.0. The lowest BCUT2D eigenvalue weighted by molar-refractivity contribution is 0.0977. The fraction of sp³-hybridized carbons (Fsp3) is 0.158. The van der Waals surface area contributed by atoms with Crippen molar-refractivity contribution in [3.05, 3.63) is 66.2 Å². The Bertz CT molecular complexity index is 1300. The summed E-state index contributed by atoms with van der Waals surface area (Å²) in [6.45, 7) is 0.471. The van der Waals surface area contributed by atoms with Crippen LogP contribution in [0.25, 0.3) is 16.9 Å². The highest BCUT2D eigenvalue weighted by molar-refractivity contribution is 7.89. The number of H-pyrrole nitrogens is 1. The van der Waals surface area contributed by atoms with E-state index in [1.807, 2.05) is 40.0 Å². The molecular formula is C19H19N7O3S. The molecule has 11 heteroatoms. The molecule has 0 bridgehead atoms. The second-order valence-corrected chi connectivity index (χ2v) is 8.54. The first kappa shape index (κ1) is 19.6. The molecule has 30 heavy (non-hydrogen) atoms. The third-order valence-electron chi connectivity index (χ3n) is 4.43. The fourth-order valence-corrected chi connectivity index (χ4v) is 3.63. The van der Waals surface area contributed by atoms with Gasteiger partial charge >= 0.3 is 0 Å². The molecule has 0 spiro atoms. The average molecular weight is 425 g/mol. The number of benzene rings is 1. The Balaban J connectivity index is 1.88. The molecule has 0 saturated carbocycles. The van der Waals surface area contributed by atoms with Crippen LogP contribution < -0.4 is 9.62 Å². The van der Waals surface area contributed by atoms with E-state index in [0.29, 0.717) is 23.6 Å². The van der Waals surface area contributed by atoms with Gasteiger partial charge in [-0.05, 0) is 11.6 Å². The molecule has 0 radical (unpaired) electrons. The van der Waals surface area contributed by atoms with Crippen LogP contribution in [-0.2, 0) is 16.6 Å². The summed E-state index contributed by atoms with van der Waals surface area (Å²) >= 11 is 0. The average Bonchev–Trinajstić information content (AvgIpc) is 3.35. The second-order valence-electron chi connectivity index (χ2n) is 6.79. The number of fused-ring (bicyclic) bond motifs is 1. The largest absolute Gasteiger partial charge is 0.365 e. The Hall–Kier alpha value is -3.73. The van der Waals surface area contributed by atoms with E-state index in [1.165, 1.54) is 4.52 Å². The predicted octanol–water partition coefficient (Wildman–Crippen LogP) is 1.45. The van der Waals surface area contributed by atoms with Crippen LogP contribution in [0.2, 0.25) is 0 Å². The molecule has 0 fully saturated rings. The summed E-state index contributed by atoms with van der Waals surface area (Å²) in [7, 11) is -1.97. The summed E-state index contributed by atoms with van der Waals surface area (Å²) in [5.74, 6) is -0.823. The van der Waals surface area contributed by atoms with Gasteiger partial charge in [-0.15, -0.1) is 0 Å². The van der Waals surface area contributed by atoms with Crippen LogP contribution in [0.3, 0.4) is 0 Å². The van der Waals surface area contributed by atoms with Gasteiger partial charge in [-0.2, -0.15) is 10.2 Å². The van der Waals surface area contributed by atoms with Crippen LogP contribution in [0.4, 0.5) is 5.69 Å².